The van der Waals surface area contributed by atoms with Gasteiger partial charge in [-0.15, -0.1) is 0 Å². The zero-order valence-electron chi connectivity index (χ0n) is 27.9. The van der Waals surface area contributed by atoms with E-state index < -0.39 is 63.8 Å². The summed E-state index contributed by atoms with van der Waals surface area (Å²) in [4.78, 5) is 21.3. The van der Waals surface area contributed by atoms with E-state index in [4.69, 9.17) is 20.2 Å². The summed E-state index contributed by atoms with van der Waals surface area (Å²) < 4.78 is 102. The maximum Gasteiger partial charge on any atom is 0.417 e. The number of pyridine rings is 2. The first-order valence-corrected chi connectivity index (χ1v) is 16.4. The Hall–Kier alpha value is -4.93. The highest BCUT2D eigenvalue weighted by atomic mass is 19.4. The van der Waals surface area contributed by atoms with Crippen LogP contribution in [0.5, 0.6) is 11.9 Å². The number of benzene rings is 1. The lowest BCUT2D eigenvalue weighted by atomic mass is 9.94. The largest absolute Gasteiger partial charge is 0.475 e. The number of halogens is 6. The number of likely N-dealkylation sites (tertiary alicyclic amines) is 1. The summed E-state index contributed by atoms with van der Waals surface area (Å²) in [5, 5.41) is 6.59. The van der Waals surface area contributed by atoms with Crippen molar-refractivity contribution in [1.29, 1.82) is 0 Å². The molecular weight excluding hydrogens is 680 g/mol. The smallest absolute Gasteiger partial charge is 0.417 e. The fraction of sp³-hybridized carbons (Fsp3) is 0.441. The van der Waals surface area contributed by atoms with Crippen molar-refractivity contribution in [2.24, 2.45) is 5.41 Å². The van der Waals surface area contributed by atoms with Crippen LogP contribution in [0.1, 0.15) is 49.4 Å². The molecule has 0 unspecified atom stereocenters. The Bertz CT molecular complexity index is 2210. The van der Waals surface area contributed by atoms with E-state index in [9.17, 15) is 22.0 Å². The number of nitrogens with two attached hydrogens (primary N) is 1. The molecule has 2 fully saturated rings. The van der Waals surface area contributed by atoms with E-state index in [1.807, 2.05) is 18.7 Å². The minimum Gasteiger partial charge on any atom is -0.475 e. The molecule has 1 saturated carbocycles. The summed E-state index contributed by atoms with van der Waals surface area (Å²) in [6.45, 7) is 5.04. The Labute approximate surface area is 287 Å². The highest BCUT2D eigenvalue weighted by Gasteiger charge is 2.73. The third-order valence-electron chi connectivity index (χ3n) is 10.5. The van der Waals surface area contributed by atoms with Crippen molar-refractivity contribution in [2.75, 3.05) is 37.4 Å². The maximum atomic E-state index is 17.1. The lowest BCUT2D eigenvalue weighted by Crippen LogP contribution is -2.39. The van der Waals surface area contributed by atoms with E-state index in [1.54, 1.807) is 30.3 Å². The molecule has 1 aliphatic carbocycles. The second-order valence-electron chi connectivity index (χ2n) is 13.9. The Morgan fingerprint density at radius 3 is 2.67 bits per heavy atom. The average molecular weight is 714 g/mol. The molecule has 17 heteroatoms. The lowest BCUT2D eigenvalue weighted by Gasteiger charge is -2.35. The molecule has 3 N–H and O–H groups in total. The molecule has 268 valence electrons. The first-order valence-electron chi connectivity index (χ1n) is 16.4. The lowest BCUT2D eigenvalue weighted by molar-refractivity contribution is -0.137. The van der Waals surface area contributed by atoms with Gasteiger partial charge < -0.3 is 20.1 Å². The first-order chi connectivity index (χ1) is 24.1. The summed E-state index contributed by atoms with van der Waals surface area (Å²) >= 11 is 0. The molecule has 3 aliphatic rings. The van der Waals surface area contributed by atoms with Gasteiger partial charge in [0.2, 0.25) is 5.88 Å². The molecule has 8 rings (SSSR count). The van der Waals surface area contributed by atoms with Gasteiger partial charge in [0, 0.05) is 41.7 Å². The number of nitrogens with zero attached hydrogens (tertiary/aromatic N) is 7. The molecule has 11 nitrogen and oxygen atoms in total. The van der Waals surface area contributed by atoms with Gasteiger partial charge in [-0.25, -0.2) is 23.1 Å². The molecule has 0 amide bonds. The number of fused-ring (bicyclic) bond motifs is 1. The van der Waals surface area contributed by atoms with Crippen LogP contribution in [0, 0.1) is 18.2 Å². The van der Waals surface area contributed by atoms with Crippen molar-refractivity contribution in [3.63, 3.8) is 0 Å². The highest BCUT2D eigenvalue weighted by molar-refractivity contribution is 6.02. The highest BCUT2D eigenvalue weighted by Crippen LogP contribution is 2.66. The SMILES string of the molecule is Cc1cc2[nH]ncc2c(-c2nc3c4c(nc(OC[C@@H]5C[C@]6(CN5C)CC6(F)F)nc4c2F)N([C@H](C)c2cccnc2N)[C@@H](C)CO3)c1C(F)(F)F. The third kappa shape index (κ3) is 5.18. The summed E-state index contributed by atoms with van der Waals surface area (Å²) in [7, 11) is 1.73. The zero-order valence-corrected chi connectivity index (χ0v) is 27.9. The minimum absolute atomic E-state index is 0.00371. The molecule has 2 aliphatic heterocycles. The van der Waals surface area contributed by atoms with Gasteiger partial charge >= 0.3 is 12.2 Å². The fourth-order valence-corrected chi connectivity index (χ4v) is 7.86. The molecule has 1 aromatic carbocycles. The fourth-order valence-electron chi connectivity index (χ4n) is 7.86. The minimum atomic E-state index is -4.89. The van der Waals surface area contributed by atoms with Crippen molar-refractivity contribution in [3.8, 4) is 23.1 Å². The quantitative estimate of drug-likeness (QED) is 0.189. The Balaban J connectivity index is 1.33. The van der Waals surface area contributed by atoms with Crippen LogP contribution in [0.2, 0.25) is 0 Å². The van der Waals surface area contributed by atoms with Gasteiger partial charge in [-0.2, -0.15) is 28.2 Å². The van der Waals surface area contributed by atoms with Crippen LogP contribution in [0.3, 0.4) is 0 Å². The van der Waals surface area contributed by atoms with E-state index in [1.165, 1.54) is 19.2 Å². The van der Waals surface area contributed by atoms with Crippen molar-refractivity contribution < 1.29 is 35.8 Å². The van der Waals surface area contributed by atoms with Crippen molar-refractivity contribution in [2.45, 2.75) is 63.8 Å². The molecule has 1 spiro atoms. The van der Waals surface area contributed by atoms with E-state index in [0.717, 1.165) is 0 Å². The second-order valence-corrected chi connectivity index (χ2v) is 13.9. The van der Waals surface area contributed by atoms with Gasteiger partial charge in [-0.1, -0.05) is 6.07 Å². The first kappa shape index (κ1) is 33.2. The molecule has 0 radical (unpaired) electrons. The number of ether oxygens (including phenoxy) is 2. The van der Waals surface area contributed by atoms with Gasteiger partial charge in [-0.3, -0.25) is 10.00 Å². The predicted molar refractivity (Wildman–Crippen MR) is 175 cm³/mol. The number of nitrogens with one attached hydrogen (secondary N) is 1. The number of anilines is 2. The van der Waals surface area contributed by atoms with E-state index in [0.29, 0.717) is 5.56 Å². The van der Waals surface area contributed by atoms with Crippen LogP contribution in [0.4, 0.5) is 38.0 Å². The van der Waals surface area contributed by atoms with E-state index >= 15 is 4.39 Å². The van der Waals surface area contributed by atoms with E-state index in [-0.39, 0.29) is 78.0 Å². The summed E-state index contributed by atoms with van der Waals surface area (Å²) in [6, 6.07) is 3.11. The second kappa shape index (κ2) is 11.3. The summed E-state index contributed by atoms with van der Waals surface area (Å²) in [5.41, 5.74) is 3.21. The number of aromatic amines is 1. The standard InChI is InChI=1S/C34H33F6N9O2/c1-15-8-21-20(10-43-47-21)22(24(15)34(38,39)40)26-25(35)27-23-29(46-31(45-27)51-12-18-9-32(14-48(18)4)13-33(32,36)37)49(16(2)11-50-30(23)44-26)17(3)19-6-5-7-42-28(19)41/h5-8,10,16-18H,9,11-14H2,1-4H3,(H2,41,42)(H,43,47)/t16-,17+,18-,32+/m0/s1. The Kier molecular flexibility index (Phi) is 7.35. The van der Waals surface area contributed by atoms with Crippen LogP contribution >= 0.6 is 0 Å². The van der Waals surface area contributed by atoms with Gasteiger partial charge in [0.15, 0.2) is 5.82 Å². The number of likely N-dealkylation sites (N-methyl/N-ethyl adjacent to an activating group) is 1. The number of alkyl halides is 5. The molecular formula is C34H33F6N9O2. The molecule has 51 heavy (non-hydrogen) atoms. The molecule has 4 aromatic heterocycles. The Morgan fingerprint density at radius 2 is 1.98 bits per heavy atom. The molecule has 1 saturated heterocycles. The maximum absolute atomic E-state index is 17.1. The number of hydrogen-bond acceptors (Lipinski definition) is 10. The number of nitrogen functional groups attached to an aromatic ring is 1. The predicted octanol–water partition coefficient (Wildman–Crippen LogP) is 6.47. The summed E-state index contributed by atoms with van der Waals surface area (Å²) in [6.07, 6.45) is -2.17. The number of hydrogen-bond donors (Lipinski definition) is 2. The number of aromatic nitrogens is 6. The van der Waals surface area contributed by atoms with Crippen molar-refractivity contribution in [3.05, 3.63) is 53.1 Å². The van der Waals surface area contributed by atoms with Crippen LogP contribution in [0.15, 0.2) is 30.6 Å². The number of aryl methyl sites for hydroxylation is 1. The van der Waals surface area contributed by atoms with Crippen LogP contribution in [-0.2, 0) is 6.18 Å². The van der Waals surface area contributed by atoms with Crippen molar-refractivity contribution in [1.82, 2.24) is 35.0 Å². The molecule has 4 atom stereocenters. The van der Waals surface area contributed by atoms with Gasteiger partial charge in [0.1, 0.15) is 41.4 Å². The van der Waals surface area contributed by atoms with Crippen molar-refractivity contribution >= 4 is 33.4 Å². The molecule has 0 bridgehead atoms. The van der Waals surface area contributed by atoms with Crippen LogP contribution < -0.4 is 20.1 Å². The summed E-state index contributed by atoms with van der Waals surface area (Å²) in [5.74, 6) is -3.71. The van der Waals surface area contributed by atoms with Gasteiger partial charge in [-0.05, 0) is 51.9 Å². The van der Waals surface area contributed by atoms with E-state index in [2.05, 4.69) is 25.1 Å². The number of rotatable bonds is 6. The van der Waals surface area contributed by atoms with Crippen LogP contribution in [-0.4, -0.2) is 79.8 Å². The van der Waals surface area contributed by atoms with Gasteiger partial charge in [0.05, 0.1) is 34.8 Å². The molecule has 5 aromatic rings. The normalized spacial score (nSPS) is 23.5. The number of H-pyrrole nitrogens is 1. The third-order valence-corrected chi connectivity index (χ3v) is 10.5. The Morgan fingerprint density at radius 1 is 1.22 bits per heavy atom. The average Bonchev–Trinajstić information content (AvgIpc) is 3.31. The van der Waals surface area contributed by atoms with Gasteiger partial charge in [0.25, 0.3) is 5.92 Å². The topological polar surface area (TPSA) is 131 Å². The zero-order chi connectivity index (χ0) is 36.2. The van der Waals surface area contributed by atoms with Crippen LogP contribution in [0.25, 0.3) is 33.1 Å². The monoisotopic (exact) mass is 713 g/mol. The molecule has 6 heterocycles.